The number of nitrogens with zero attached hydrogens (tertiary/aromatic N) is 1. The zero-order valence-corrected chi connectivity index (χ0v) is 19.2. The molecule has 1 fully saturated rings. The van der Waals surface area contributed by atoms with E-state index in [9.17, 15) is 9.18 Å². The van der Waals surface area contributed by atoms with Crippen LogP contribution in [-0.2, 0) is 4.74 Å². The standard InChI is InChI=1S/C25H34FN3O3/c1-17(2)29(20-6-4-11-28-16-20)25(30)18-7-9-21(22-15-19(27)8-10-23(22)26)24(14-18)32-13-5-12-31-3/h7-10,14-15,17,20,28H,4-6,11-13,16,27H2,1-3H3/t20-/m1/s1. The molecule has 0 bridgehead atoms. The van der Waals surface area contributed by atoms with E-state index in [1.165, 1.54) is 12.1 Å². The van der Waals surface area contributed by atoms with Crippen molar-refractivity contribution in [3.8, 4) is 16.9 Å². The molecule has 1 saturated heterocycles. The molecule has 0 aliphatic carbocycles. The van der Waals surface area contributed by atoms with Crippen LogP contribution in [0.3, 0.4) is 0 Å². The Labute approximate surface area is 189 Å². The number of halogens is 1. The predicted octanol–water partition coefficient (Wildman–Crippen LogP) is 4.09. The highest BCUT2D eigenvalue weighted by Gasteiger charge is 2.29. The van der Waals surface area contributed by atoms with Gasteiger partial charge < -0.3 is 25.4 Å². The first-order valence-electron chi connectivity index (χ1n) is 11.3. The van der Waals surface area contributed by atoms with Crippen molar-refractivity contribution in [3.05, 3.63) is 47.8 Å². The summed E-state index contributed by atoms with van der Waals surface area (Å²) in [5, 5.41) is 3.39. The van der Waals surface area contributed by atoms with Gasteiger partial charge in [-0.25, -0.2) is 4.39 Å². The fraction of sp³-hybridized carbons (Fsp3) is 0.480. The van der Waals surface area contributed by atoms with Gasteiger partial charge in [0.1, 0.15) is 11.6 Å². The lowest BCUT2D eigenvalue weighted by Gasteiger charge is -2.37. The SMILES string of the molecule is COCCCOc1cc(C(=O)N(C(C)C)[C@@H]2CCCNC2)ccc1-c1cc(N)ccc1F. The number of carbonyl (C=O) groups is 1. The molecule has 1 amide bonds. The van der Waals surface area contributed by atoms with E-state index in [-0.39, 0.29) is 18.0 Å². The largest absolute Gasteiger partial charge is 0.493 e. The molecule has 2 aromatic carbocycles. The van der Waals surface area contributed by atoms with Crippen LogP contribution in [0.1, 0.15) is 43.5 Å². The lowest BCUT2D eigenvalue weighted by Crippen LogP contribution is -2.51. The van der Waals surface area contributed by atoms with Crippen LogP contribution in [0, 0.1) is 5.82 Å². The second-order valence-corrected chi connectivity index (χ2v) is 8.45. The number of ether oxygens (including phenoxy) is 2. The fourth-order valence-corrected chi connectivity index (χ4v) is 4.17. The van der Waals surface area contributed by atoms with Gasteiger partial charge in [0.2, 0.25) is 0 Å². The maximum absolute atomic E-state index is 14.6. The van der Waals surface area contributed by atoms with Crippen molar-refractivity contribution in [2.24, 2.45) is 0 Å². The molecular weight excluding hydrogens is 409 g/mol. The highest BCUT2D eigenvalue weighted by Crippen LogP contribution is 2.35. The molecular formula is C25H34FN3O3. The highest BCUT2D eigenvalue weighted by molar-refractivity contribution is 5.96. The van der Waals surface area contributed by atoms with Crippen LogP contribution in [0.4, 0.5) is 10.1 Å². The molecule has 3 N–H and O–H groups in total. The van der Waals surface area contributed by atoms with Gasteiger partial charge in [-0.3, -0.25) is 4.79 Å². The van der Waals surface area contributed by atoms with E-state index < -0.39 is 5.82 Å². The summed E-state index contributed by atoms with van der Waals surface area (Å²) in [6, 6.07) is 9.87. The number of nitrogen functional groups attached to an aromatic ring is 1. The molecule has 1 aliphatic rings. The summed E-state index contributed by atoms with van der Waals surface area (Å²) in [4.78, 5) is 15.5. The lowest BCUT2D eigenvalue weighted by atomic mass is 9.99. The normalized spacial score (nSPS) is 16.2. The smallest absolute Gasteiger partial charge is 0.254 e. The van der Waals surface area contributed by atoms with E-state index >= 15 is 0 Å². The first kappa shape index (κ1) is 24.0. The third kappa shape index (κ3) is 5.78. The molecule has 6 nitrogen and oxygen atoms in total. The molecule has 7 heteroatoms. The molecule has 1 atom stereocenters. The number of nitrogens with one attached hydrogen (secondary N) is 1. The van der Waals surface area contributed by atoms with Crippen molar-refractivity contribution in [3.63, 3.8) is 0 Å². The number of piperidine rings is 1. The van der Waals surface area contributed by atoms with Crippen molar-refractivity contribution in [1.29, 1.82) is 0 Å². The van der Waals surface area contributed by atoms with Gasteiger partial charge in [-0.2, -0.15) is 0 Å². The number of amides is 1. The van der Waals surface area contributed by atoms with E-state index in [1.807, 2.05) is 18.7 Å². The van der Waals surface area contributed by atoms with Gasteiger partial charge >= 0.3 is 0 Å². The number of hydrogen-bond acceptors (Lipinski definition) is 5. The summed E-state index contributed by atoms with van der Waals surface area (Å²) in [6.07, 6.45) is 2.70. The Balaban J connectivity index is 1.95. The molecule has 0 saturated carbocycles. The van der Waals surface area contributed by atoms with Gasteiger partial charge in [0, 0.05) is 61.1 Å². The Bertz CT molecular complexity index is 913. The van der Waals surface area contributed by atoms with E-state index in [0.29, 0.717) is 47.8 Å². The summed E-state index contributed by atoms with van der Waals surface area (Å²) in [5.41, 5.74) is 7.80. The molecule has 2 aromatic rings. The van der Waals surface area contributed by atoms with Crippen molar-refractivity contribution in [1.82, 2.24) is 10.2 Å². The maximum atomic E-state index is 14.6. The topological polar surface area (TPSA) is 76.8 Å². The van der Waals surface area contributed by atoms with Crippen molar-refractivity contribution < 1.29 is 18.7 Å². The average molecular weight is 444 g/mol. The van der Waals surface area contributed by atoms with Gasteiger partial charge in [-0.1, -0.05) is 0 Å². The summed E-state index contributed by atoms with van der Waals surface area (Å²) >= 11 is 0. The number of methoxy groups -OCH3 is 1. The minimum atomic E-state index is -0.392. The first-order valence-corrected chi connectivity index (χ1v) is 11.3. The van der Waals surface area contributed by atoms with Crippen LogP contribution in [-0.4, -0.2) is 56.3 Å². The van der Waals surface area contributed by atoms with Gasteiger partial charge in [-0.15, -0.1) is 0 Å². The Morgan fingerprint density at radius 3 is 2.72 bits per heavy atom. The lowest BCUT2D eigenvalue weighted by molar-refractivity contribution is 0.0573. The predicted molar refractivity (Wildman–Crippen MR) is 125 cm³/mol. The number of carbonyl (C=O) groups excluding carboxylic acids is 1. The third-order valence-electron chi connectivity index (χ3n) is 5.71. The summed E-state index contributed by atoms with van der Waals surface area (Å²) in [6.45, 7) is 6.78. The number of rotatable bonds is 9. The number of hydrogen-bond donors (Lipinski definition) is 2. The van der Waals surface area contributed by atoms with Crippen LogP contribution >= 0.6 is 0 Å². The summed E-state index contributed by atoms with van der Waals surface area (Å²) in [5.74, 6) is 0.0223. The molecule has 174 valence electrons. The second kappa shape index (κ2) is 11.3. The van der Waals surface area contributed by atoms with Crippen LogP contribution in [0.25, 0.3) is 11.1 Å². The van der Waals surface area contributed by atoms with Gasteiger partial charge in [0.25, 0.3) is 5.91 Å². The van der Waals surface area contributed by atoms with Gasteiger partial charge in [-0.05, 0) is 69.6 Å². The number of benzene rings is 2. The molecule has 32 heavy (non-hydrogen) atoms. The minimum Gasteiger partial charge on any atom is -0.493 e. The quantitative estimate of drug-likeness (QED) is 0.451. The van der Waals surface area contributed by atoms with Gasteiger partial charge in [0.15, 0.2) is 0 Å². The minimum absolute atomic E-state index is 0.0463. The van der Waals surface area contributed by atoms with Crippen LogP contribution in [0.5, 0.6) is 5.75 Å². The molecule has 0 spiro atoms. The maximum Gasteiger partial charge on any atom is 0.254 e. The Kier molecular flexibility index (Phi) is 8.47. The van der Waals surface area contributed by atoms with Crippen LogP contribution in [0.2, 0.25) is 0 Å². The monoisotopic (exact) mass is 443 g/mol. The highest BCUT2D eigenvalue weighted by atomic mass is 19.1. The van der Waals surface area contributed by atoms with Crippen LogP contribution in [0.15, 0.2) is 36.4 Å². The van der Waals surface area contributed by atoms with E-state index in [4.69, 9.17) is 15.2 Å². The molecule has 0 aromatic heterocycles. The Hall–Kier alpha value is -2.64. The van der Waals surface area contributed by atoms with Crippen LogP contribution < -0.4 is 15.8 Å². The molecule has 1 heterocycles. The van der Waals surface area contributed by atoms with Crippen molar-refractivity contribution in [2.45, 2.75) is 45.2 Å². The van der Waals surface area contributed by atoms with Crippen molar-refractivity contribution >= 4 is 11.6 Å². The Morgan fingerprint density at radius 2 is 2.03 bits per heavy atom. The zero-order chi connectivity index (χ0) is 23.1. The summed E-state index contributed by atoms with van der Waals surface area (Å²) in [7, 11) is 1.63. The molecule has 0 radical (unpaired) electrons. The number of nitrogens with two attached hydrogens (primary N) is 1. The van der Waals surface area contributed by atoms with E-state index in [0.717, 1.165) is 25.9 Å². The zero-order valence-electron chi connectivity index (χ0n) is 19.2. The third-order valence-corrected chi connectivity index (χ3v) is 5.71. The summed E-state index contributed by atoms with van der Waals surface area (Å²) < 4.78 is 25.7. The fourth-order valence-electron chi connectivity index (χ4n) is 4.17. The molecule has 1 aliphatic heterocycles. The average Bonchev–Trinajstić information content (AvgIpc) is 2.79. The molecule has 0 unspecified atom stereocenters. The Morgan fingerprint density at radius 1 is 1.22 bits per heavy atom. The first-order chi connectivity index (χ1) is 15.4. The second-order valence-electron chi connectivity index (χ2n) is 8.45. The van der Waals surface area contributed by atoms with Gasteiger partial charge in [0.05, 0.1) is 6.61 Å². The van der Waals surface area contributed by atoms with E-state index in [1.54, 1.807) is 31.4 Å². The van der Waals surface area contributed by atoms with E-state index in [2.05, 4.69) is 5.32 Å². The molecule has 3 rings (SSSR count). The van der Waals surface area contributed by atoms with Crippen molar-refractivity contribution in [2.75, 3.05) is 39.1 Å². The number of anilines is 1.